The monoisotopic (exact) mass is 158 g/mol. The van der Waals surface area contributed by atoms with Gasteiger partial charge in [0.2, 0.25) is 0 Å². The average molecular weight is 158 g/mol. The van der Waals surface area contributed by atoms with Crippen LogP contribution in [-0.2, 0) is 0 Å². The van der Waals surface area contributed by atoms with Gasteiger partial charge in [-0.15, -0.1) is 12.6 Å². The zero-order chi connectivity index (χ0) is 7.56. The van der Waals surface area contributed by atoms with Crippen LogP contribution in [0.1, 0.15) is 12.6 Å². The average Bonchev–Trinajstić information content (AvgIpc) is 1.88. The third kappa shape index (κ3) is 2.70. The van der Waals surface area contributed by atoms with Crippen molar-refractivity contribution in [3.05, 3.63) is 29.4 Å². The van der Waals surface area contributed by atoms with Gasteiger partial charge in [0.15, 0.2) is 0 Å². The van der Waals surface area contributed by atoms with Gasteiger partial charge in [-0.05, 0) is 12.1 Å². The third-order valence-corrected chi connectivity index (χ3v) is 1.49. The summed E-state index contributed by atoms with van der Waals surface area (Å²) in [6.07, 6.45) is 1.62. The molecule has 0 aromatic carbocycles. The topological polar surface area (TPSA) is 35.2 Å². The van der Waals surface area contributed by atoms with E-state index in [9.17, 15) is 0 Å². The zero-order valence-corrected chi connectivity index (χ0v) is 7.47. The van der Waals surface area contributed by atoms with Crippen LogP contribution in [0.5, 0.6) is 0 Å². The van der Waals surface area contributed by atoms with Crippen LogP contribution in [0.4, 0.5) is 0 Å². The first kappa shape index (κ1) is 10.8. The van der Waals surface area contributed by atoms with Crippen molar-refractivity contribution >= 4 is 18.3 Å². The van der Waals surface area contributed by atoms with Crippen LogP contribution in [0.3, 0.4) is 0 Å². The van der Waals surface area contributed by atoms with E-state index in [1.807, 2.05) is 0 Å². The van der Waals surface area contributed by atoms with Crippen molar-refractivity contribution in [2.75, 3.05) is 0 Å². The maximum absolute atomic E-state index is 9.01. The summed E-state index contributed by atoms with van der Waals surface area (Å²) in [5, 5.41) is 9.01. The number of hydrogen-bond acceptors (Lipinski definition) is 2. The molecule has 1 rings (SSSR count). The number of pyridine rings is 1. The van der Waals surface area contributed by atoms with Gasteiger partial charge in [0.05, 0.1) is 5.69 Å². The van der Waals surface area contributed by atoms with E-state index in [2.05, 4.69) is 17.6 Å². The molecule has 1 aromatic heterocycles. The Morgan fingerprint density at radius 3 is 2.64 bits per heavy atom. The van der Waals surface area contributed by atoms with E-state index in [-0.39, 0.29) is 24.6 Å². The van der Waals surface area contributed by atoms with Crippen LogP contribution in [-0.4, -0.2) is 10.7 Å². The molecule has 0 aliphatic rings. The van der Waals surface area contributed by atoms with Gasteiger partial charge in [-0.1, -0.05) is 6.92 Å². The summed E-state index contributed by atoms with van der Waals surface area (Å²) in [5.41, 5.74) is 0.747. The second-order valence-corrected chi connectivity index (χ2v) is 2.44. The number of rotatable bonds is 1. The summed E-state index contributed by atoms with van der Waals surface area (Å²) in [5.74, 6) is 0. The molecule has 0 aliphatic carbocycles. The molecular weight excluding hydrogens is 151 g/mol. The fourth-order valence-corrected chi connectivity index (χ4v) is 0.981. The minimum absolute atomic E-state index is 0. The molecule has 0 bridgehead atoms. The van der Waals surface area contributed by atoms with Gasteiger partial charge in [-0.3, -0.25) is 4.98 Å². The molecular formula is C7H7LiN2S. The molecule has 1 aromatic rings. The molecule has 0 unspecified atom stereocenters. The van der Waals surface area contributed by atoms with E-state index < -0.39 is 0 Å². The molecule has 4 heteroatoms. The molecule has 2 nitrogen and oxygen atoms in total. The Bertz CT molecular complexity index is 262. The molecule has 0 amide bonds. The van der Waals surface area contributed by atoms with Crippen molar-refractivity contribution in [2.24, 2.45) is 0 Å². The van der Waals surface area contributed by atoms with E-state index in [4.69, 9.17) is 5.41 Å². The Morgan fingerprint density at radius 2 is 2.27 bits per heavy atom. The standard InChI is InChI=1S/C7H7N2S.Li/c1-5(8)7-6(10)3-2-4-9-7;/h2-4,10H,1H3;/q-1;+1. The van der Waals surface area contributed by atoms with Crippen molar-refractivity contribution in [1.29, 1.82) is 0 Å². The first-order chi connectivity index (χ1) is 4.72. The molecule has 52 valence electrons. The SMILES string of the molecule is CC(=[N-])c1ncccc1S.[Li+]. The molecule has 0 fully saturated rings. The van der Waals surface area contributed by atoms with Gasteiger partial charge in [-0.2, -0.15) is 5.71 Å². The molecule has 0 radical (unpaired) electrons. The summed E-state index contributed by atoms with van der Waals surface area (Å²) in [7, 11) is 0. The predicted molar refractivity (Wildman–Crippen MR) is 44.6 cm³/mol. The number of nitrogens with zero attached hydrogens (tertiary/aromatic N) is 2. The van der Waals surface area contributed by atoms with Gasteiger partial charge >= 0.3 is 18.9 Å². The van der Waals surface area contributed by atoms with Gasteiger partial charge in [0, 0.05) is 11.1 Å². The summed E-state index contributed by atoms with van der Waals surface area (Å²) in [4.78, 5) is 4.61. The summed E-state index contributed by atoms with van der Waals surface area (Å²) in [6.45, 7) is 1.59. The molecule has 1 heterocycles. The van der Waals surface area contributed by atoms with Gasteiger partial charge < -0.3 is 5.41 Å². The van der Waals surface area contributed by atoms with E-state index in [1.54, 1.807) is 25.3 Å². The van der Waals surface area contributed by atoms with Crippen LogP contribution >= 0.6 is 12.6 Å². The van der Waals surface area contributed by atoms with Crippen molar-refractivity contribution in [2.45, 2.75) is 11.8 Å². The van der Waals surface area contributed by atoms with Gasteiger partial charge in [-0.25, -0.2) is 0 Å². The van der Waals surface area contributed by atoms with E-state index in [1.165, 1.54) is 0 Å². The molecule has 0 saturated carbocycles. The maximum Gasteiger partial charge on any atom is 1.00 e. The number of hydrogen-bond donors (Lipinski definition) is 1. The second-order valence-electron chi connectivity index (χ2n) is 1.96. The van der Waals surface area contributed by atoms with Crippen LogP contribution in [0.25, 0.3) is 5.41 Å². The van der Waals surface area contributed by atoms with Crippen molar-refractivity contribution < 1.29 is 18.9 Å². The van der Waals surface area contributed by atoms with E-state index in [0.717, 1.165) is 0 Å². The van der Waals surface area contributed by atoms with Crippen molar-refractivity contribution in [3.8, 4) is 0 Å². The molecule has 0 saturated heterocycles. The Kier molecular flexibility index (Phi) is 4.51. The largest absolute Gasteiger partial charge is 1.00 e. The van der Waals surface area contributed by atoms with Crippen molar-refractivity contribution in [1.82, 2.24) is 4.98 Å². The molecule has 0 N–H and O–H groups in total. The third-order valence-electron chi connectivity index (χ3n) is 1.13. The number of thiol groups is 1. The molecule has 0 aliphatic heterocycles. The summed E-state index contributed by atoms with van der Waals surface area (Å²) in [6, 6.07) is 3.56. The minimum atomic E-state index is 0. The second kappa shape index (κ2) is 4.61. The smallest absolute Gasteiger partial charge is 0.806 e. The normalized spacial score (nSPS) is 8.55. The minimum Gasteiger partial charge on any atom is -0.806 e. The molecule has 11 heavy (non-hydrogen) atoms. The van der Waals surface area contributed by atoms with E-state index >= 15 is 0 Å². The fourth-order valence-electron chi connectivity index (χ4n) is 0.676. The summed E-state index contributed by atoms with van der Waals surface area (Å²) >= 11 is 4.09. The fraction of sp³-hybridized carbons (Fsp3) is 0.143. The van der Waals surface area contributed by atoms with Crippen molar-refractivity contribution in [3.63, 3.8) is 0 Å². The Hall–Kier alpha value is -0.233. The van der Waals surface area contributed by atoms with Crippen LogP contribution < -0.4 is 18.9 Å². The van der Waals surface area contributed by atoms with Gasteiger partial charge in [0.1, 0.15) is 0 Å². The van der Waals surface area contributed by atoms with Gasteiger partial charge in [0.25, 0.3) is 0 Å². The molecule has 0 spiro atoms. The quantitative estimate of drug-likeness (QED) is 0.309. The van der Waals surface area contributed by atoms with E-state index in [0.29, 0.717) is 10.6 Å². The van der Waals surface area contributed by atoms with Crippen LogP contribution in [0.2, 0.25) is 0 Å². The number of aromatic nitrogens is 1. The Labute approximate surface area is 83.5 Å². The predicted octanol–water partition coefficient (Wildman–Crippen LogP) is -1.25. The van der Waals surface area contributed by atoms with Crippen LogP contribution in [0.15, 0.2) is 23.2 Å². The first-order valence-electron chi connectivity index (χ1n) is 2.88. The Morgan fingerprint density at radius 1 is 1.64 bits per heavy atom. The molecule has 0 atom stereocenters. The first-order valence-corrected chi connectivity index (χ1v) is 3.33. The van der Waals surface area contributed by atoms with Crippen LogP contribution in [0, 0.1) is 0 Å². The summed E-state index contributed by atoms with van der Waals surface area (Å²) < 4.78 is 0. The maximum atomic E-state index is 9.01. The zero-order valence-electron chi connectivity index (χ0n) is 6.57. The Balaban J connectivity index is 0.000001000.